The molecule has 1 amide bonds. The summed E-state index contributed by atoms with van der Waals surface area (Å²) in [6, 6.07) is 8.61. The number of amides is 1. The molecule has 1 saturated heterocycles. The maximum Gasteiger partial charge on any atom is 0.245 e. The average Bonchev–Trinajstić information content (AvgIpc) is 2.59. The smallest absolute Gasteiger partial charge is 0.245 e. The predicted octanol–water partition coefficient (Wildman–Crippen LogP) is 2.33. The van der Waals surface area contributed by atoms with Crippen molar-refractivity contribution in [3.63, 3.8) is 0 Å². The molecule has 3 rings (SSSR count). The van der Waals surface area contributed by atoms with Gasteiger partial charge in [0.1, 0.15) is 29.2 Å². The summed E-state index contributed by atoms with van der Waals surface area (Å²) in [6.45, 7) is 3.09. The molecule has 1 fully saturated rings. The van der Waals surface area contributed by atoms with Crippen molar-refractivity contribution in [1.29, 1.82) is 0 Å². The van der Waals surface area contributed by atoms with Crippen LogP contribution in [0.3, 0.4) is 0 Å². The van der Waals surface area contributed by atoms with E-state index in [2.05, 4.69) is 15.6 Å². The lowest BCUT2D eigenvalue weighted by Gasteiger charge is -2.29. The number of aromatic nitrogens is 1. The number of hydrogen-bond donors (Lipinski definition) is 2. The minimum absolute atomic E-state index is 0.193. The van der Waals surface area contributed by atoms with E-state index in [1.54, 1.807) is 12.1 Å². The molecule has 6 nitrogen and oxygen atoms in total. The van der Waals surface area contributed by atoms with Crippen LogP contribution in [0.1, 0.15) is 6.92 Å². The van der Waals surface area contributed by atoms with E-state index in [0.29, 0.717) is 30.5 Å². The summed E-state index contributed by atoms with van der Waals surface area (Å²) in [5, 5.41) is 5.86. The molecular weight excluding hydrogens is 313 g/mol. The number of ether oxygens (including phenoxy) is 2. The van der Waals surface area contributed by atoms with E-state index in [9.17, 15) is 9.18 Å². The minimum atomic E-state index is -0.407. The summed E-state index contributed by atoms with van der Waals surface area (Å²) < 4.78 is 23.9. The molecular formula is C17H18FN3O3. The Morgan fingerprint density at radius 3 is 2.71 bits per heavy atom. The van der Waals surface area contributed by atoms with Crippen molar-refractivity contribution in [3.8, 4) is 11.5 Å². The number of pyridine rings is 1. The van der Waals surface area contributed by atoms with Gasteiger partial charge in [-0.1, -0.05) is 0 Å². The quantitative estimate of drug-likeness (QED) is 0.900. The Kier molecular flexibility index (Phi) is 5.02. The lowest BCUT2D eigenvalue weighted by Crippen LogP contribution is -2.53. The number of halogens is 1. The molecule has 1 aromatic heterocycles. The Morgan fingerprint density at radius 2 is 2.04 bits per heavy atom. The molecule has 126 valence electrons. The van der Waals surface area contributed by atoms with Crippen LogP contribution in [0.2, 0.25) is 0 Å². The van der Waals surface area contributed by atoms with E-state index in [1.807, 2.05) is 6.92 Å². The van der Waals surface area contributed by atoms with Gasteiger partial charge in [0.15, 0.2) is 0 Å². The largest absolute Gasteiger partial charge is 0.456 e. The molecule has 1 aliphatic rings. The van der Waals surface area contributed by atoms with Crippen molar-refractivity contribution >= 4 is 11.7 Å². The third-order valence-electron chi connectivity index (χ3n) is 3.64. The first-order chi connectivity index (χ1) is 11.6. The van der Waals surface area contributed by atoms with Gasteiger partial charge in [0.25, 0.3) is 0 Å². The molecule has 2 heterocycles. The van der Waals surface area contributed by atoms with Gasteiger partial charge in [-0.05, 0) is 43.3 Å². The second kappa shape index (κ2) is 7.37. The van der Waals surface area contributed by atoms with Crippen LogP contribution in [-0.4, -0.2) is 36.2 Å². The first-order valence-corrected chi connectivity index (χ1v) is 7.67. The molecule has 1 aliphatic heterocycles. The van der Waals surface area contributed by atoms with E-state index in [0.717, 1.165) is 0 Å². The summed E-state index contributed by atoms with van der Waals surface area (Å²) in [5.41, 5.74) is 0. The van der Waals surface area contributed by atoms with Crippen molar-refractivity contribution in [2.24, 2.45) is 0 Å². The second-order valence-corrected chi connectivity index (χ2v) is 5.43. The second-order valence-electron chi connectivity index (χ2n) is 5.43. The fraction of sp³-hybridized carbons (Fsp3) is 0.294. The van der Waals surface area contributed by atoms with E-state index in [1.165, 1.54) is 30.5 Å². The fourth-order valence-electron chi connectivity index (χ4n) is 2.38. The summed E-state index contributed by atoms with van der Waals surface area (Å²) in [7, 11) is 0. The number of hydrogen-bond acceptors (Lipinski definition) is 5. The maximum absolute atomic E-state index is 12.9. The van der Waals surface area contributed by atoms with Gasteiger partial charge in [-0.25, -0.2) is 9.37 Å². The van der Waals surface area contributed by atoms with Crippen LogP contribution in [0.4, 0.5) is 10.2 Å². The Hall–Kier alpha value is -2.51. The summed E-state index contributed by atoms with van der Waals surface area (Å²) in [4.78, 5) is 16.4. The highest BCUT2D eigenvalue weighted by molar-refractivity contribution is 5.94. The normalized spacial score (nSPS) is 20.4. The van der Waals surface area contributed by atoms with Crippen molar-refractivity contribution in [2.45, 2.75) is 19.1 Å². The molecule has 2 aromatic rings. The predicted molar refractivity (Wildman–Crippen MR) is 86.5 cm³/mol. The van der Waals surface area contributed by atoms with Gasteiger partial charge >= 0.3 is 0 Å². The standard InChI is InChI=1S/C17H18FN3O3/c1-11-16(19-8-9-23-11)17(22)21-15-7-6-14(10-20-15)24-13-4-2-12(18)3-5-13/h2-7,10-11,16,19H,8-9H2,1H3,(H,20,21,22)/t11-,16+/m1/s1. The number of carbonyl (C=O) groups excluding carboxylic acids is 1. The molecule has 0 unspecified atom stereocenters. The Balaban J connectivity index is 1.59. The van der Waals surface area contributed by atoms with Crippen molar-refractivity contribution < 1.29 is 18.7 Å². The van der Waals surface area contributed by atoms with Crippen LogP contribution in [0.15, 0.2) is 42.6 Å². The molecule has 2 N–H and O–H groups in total. The van der Waals surface area contributed by atoms with E-state index in [4.69, 9.17) is 9.47 Å². The van der Waals surface area contributed by atoms with Crippen LogP contribution >= 0.6 is 0 Å². The molecule has 7 heteroatoms. The number of anilines is 1. The van der Waals surface area contributed by atoms with Crippen LogP contribution in [0, 0.1) is 5.82 Å². The fourth-order valence-corrected chi connectivity index (χ4v) is 2.38. The highest BCUT2D eigenvalue weighted by Gasteiger charge is 2.28. The number of nitrogens with zero attached hydrogens (tertiary/aromatic N) is 1. The van der Waals surface area contributed by atoms with Gasteiger partial charge in [0.05, 0.1) is 18.9 Å². The zero-order valence-corrected chi connectivity index (χ0v) is 13.2. The van der Waals surface area contributed by atoms with Crippen LogP contribution in [0.25, 0.3) is 0 Å². The first-order valence-electron chi connectivity index (χ1n) is 7.67. The van der Waals surface area contributed by atoms with Gasteiger partial charge in [-0.3, -0.25) is 4.79 Å². The van der Waals surface area contributed by atoms with Crippen LogP contribution in [0.5, 0.6) is 11.5 Å². The van der Waals surface area contributed by atoms with Gasteiger partial charge in [0, 0.05) is 6.54 Å². The third kappa shape index (κ3) is 4.06. The molecule has 0 bridgehead atoms. The highest BCUT2D eigenvalue weighted by atomic mass is 19.1. The first kappa shape index (κ1) is 16.4. The summed E-state index contributed by atoms with van der Waals surface area (Å²) in [6.07, 6.45) is 1.30. The number of benzene rings is 1. The van der Waals surface area contributed by atoms with Crippen LogP contribution < -0.4 is 15.4 Å². The van der Waals surface area contributed by atoms with Crippen molar-refractivity contribution in [3.05, 3.63) is 48.4 Å². The van der Waals surface area contributed by atoms with Gasteiger partial charge in [0.2, 0.25) is 5.91 Å². The number of morpholine rings is 1. The topological polar surface area (TPSA) is 72.5 Å². The third-order valence-corrected chi connectivity index (χ3v) is 3.64. The molecule has 0 aliphatic carbocycles. The molecule has 0 saturated carbocycles. The zero-order valence-electron chi connectivity index (χ0n) is 13.2. The Bertz CT molecular complexity index is 691. The highest BCUT2D eigenvalue weighted by Crippen LogP contribution is 2.21. The molecule has 2 atom stereocenters. The summed E-state index contributed by atoms with van der Waals surface area (Å²) in [5.74, 6) is 0.903. The zero-order chi connectivity index (χ0) is 16.9. The number of carbonyl (C=O) groups is 1. The monoisotopic (exact) mass is 331 g/mol. The van der Waals surface area contributed by atoms with Crippen molar-refractivity contribution in [1.82, 2.24) is 10.3 Å². The summed E-state index contributed by atoms with van der Waals surface area (Å²) >= 11 is 0. The van der Waals surface area contributed by atoms with Crippen LogP contribution in [-0.2, 0) is 9.53 Å². The van der Waals surface area contributed by atoms with Crippen molar-refractivity contribution in [2.75, 3.05) is 18.5 Å². The van der Waals surface area contributed by atoms with Gasteiger partial charge in [-0.2, -0.15) is 0 Å². The molecule has 24 heavy (non-hydrogen) atoms. The number of nitrogens with one attached hydrogen (secondary N) is 2. The molecule has 1 aromatic carbocycles. The van der Waals surface area contributed by atoms with Gasteiger partial charge in [-0.15, -0.1) is 0 Å². The Labute approximate surface area is 139 Å². The Morgan fingerprint density at radius 1 is 1.29 bits per heavy atom. The average molecular weight is 331 g/mol. The van der Waals surface area contributed by atoms with E-state index < -0.39 is 6.04 Å². The molecule has 0 spiro atoms. The molecule has 0 radical (unpaired) electrons. The lowest BCUT2D eigenvalue weighted by atomic mass is 10.1. The maximum atomic E-state index is 12.9. The number of rotatable bonds is 4. The van der Waals surface area contributed by atoms with E-state index >= 15 is 0 Å². The van der Waals surface area contributed by atoms with E-state index in [-0.39, 0.29) is 17.8 Å². The lowest BCUT2D eigenvalue weighted by molar-refractivity contribution is -0.123. The van der Waals surface area contributed by atoms with Gasteiger partial charge < -0.3 is 20.1 Å². The minimum Gasteiger partial charge on any atom is -0.456 e. The SMILES string of the molecule is C[C@H]1OCCN[C@@H]1C(=O)Nc1ccc(Oc2ccc(F)cc2)cn1.